The number of urea groups is 1. The van der Waals surface area contributed by atoms with Gasteiger partial charge in [-0.15, -0.1) is 0 Å². The van der Waals surface area contributed by atoms with E-state index in [0.717, 1.165) is 39.1 Å². The van der Waals surface area contributed by atoms with E-state index in [1.165, 1.54) is 0 Å². The number of nitrogens with one attached hydrogen (secondary N) is 1. The van der Waals surface area contributed by atoms with Gasteiger partial charge in [0.15, 0.2) is 0 Å². The van der Waals surface area contributed by atoms with E-state index in [9.17, 15) is 4.79 Å². The predicted molar refractivity (Wildman–Crippen MR) is 64.4 cm³/mol. The monoisotopic (exact) mass is 225 g/mol. The van der Waals surface area contributed by atoms with Crippen molar-refractivity contribution in [3.8, 4) is 0 Å². The molecule has 2 amide bonds. The van der Waals surface area contributed by atoms with E-state index >= 15 is 0 Å². The highest BCUT2D eigenvalue weighted by molar-refractivity contribution is 5.77. The Kier molecular flexibility index (Phi) is 3.10. The lowest BCUT2D eigenvalue weighted by Gasteiger charge is -2.28. The Morgan fingerprint density at radius 3 is 2.81 bits per heavy atom. The second kappa shape index (κ2) is 4.24. The van der Waals surface area contributed by atoms with Gasteiger partial charge in [-0.05, 0) is 11.8 Å². The van der Waals surface area contributed by atoms with Crippen LogP contribution in [0, 0.1) is 5.41 Å². The van der Waals surface area contributed by atoms with Crippen molar-refractivity contribution in [3.05, 3.63) is 0 Å². The van der Waals surface area contributed by atoms with Crippen LogP contribution >= 0.6 is 0 Å². The van der Waals surface area contributed by atoms with Crippen molar-refractivity contribution >= 4 is 6.03 Å². The maximum atomic E-state index is 12.1. The number of rotatable bonds is 2. The third kappa shape index (κ3) is 2.48. The molecule has 4 heteroatoms. The molecule has 2 saturated heterocycles. The maximum Gasteiger partial charge on any atom is 0.320 e. The summed E-state index contributed by atoms with van der Waals surface area (Å²) < 4.78 is 0. The van der Waals surface area contributed by atoms with Crippen LogP contribution in [0.4, 0.5) is 4.79 Å². The second-order valence-corrected chi connectivity index (χ2v) is 6.09. The number of carbonyl (C=O) groups excluding carboxylic acids is 1. The summed E-state index contributed by atoms with van der Waals surface area (Å²) in [7, 11) is 0. The summed E-state index contributed by atoms with van der Waals surface area (Å²) in [6.07, 6.45) is 1.08. The normalized spacial score (nSPS) is 26.2. The van der Waals surface area contributed by atoms with Crippen molar-refractivity contribution in [2.24, 2.45) is 5.41 Å². The van der Waals surface area contributed by atoms with Gasteiger partial charge in [0.25, 0.3) is 0 Å². The predicted octanol–water partition coefficient (Wildman–Crippen LogP) is 1.13. The molecule has 0 aliphatic carbocycles. The molecule has 1 N–H and O–H groups in total. The van der Waals surface area contributed by atoms with Gasteiger partial charge in [0, 0.05) is 32.7 Å². The SMILES string of the molecule is CC(C)(C)CCN1CC2CNCCN2C1=O. The van der Waals surface area contributed by atoms with Crippen molar-refractivity contribution < 1.29 is 4.79 Å². The average molecular weight is 225 g/mol. The van der Waals surface area contributed by atoms with Gasteiger partial charge in [-0.25, -0.2) is 4.79 Å². The molecule has 2 aliphatic heterocycles. The highest BCUT2D eigenvalue weighted by atomic mass is 16.2. The van der Waals surface area contributed by atoms with Gasteiger partial charge < -0.3 is 15.1 Å². The molecule has 2 rings (SSSR count). The number of nitrogens with zero attached hydrogens (tertiary/aromatic N) is 2. The number of amides is 2. The average Bonchev–Trinajstić information content (AvgIpc) is 2.53. The smallest absolute Gasteiger partial charge is 0.320 e. The van der Waals surface area contributed by atoms with Crippen molar-refractivity contribution in [2.45, 2.75) is 33.2 Å². The molecular weight excluding hydrogens is 202 g/mol. The van der Waals surface area contributed by atoms with Gasteiger partial charge in [-0.2, -0.15) is 0 Å². The molecule has 2 aliphatic rings. The first-order chi connectivity index (χ1) is 7.47. The number of carbonyl (C=O) groups is 1. The van der Waals surface area contributed by atoms with E-state index in [1.807, 2.05) is 9.80 Å². The minimum Gasteiger partial charge on any atom is -0.323 e. The molecule has 0 bridgehead atoms. The first-order valence-electron chi connectivity index (χ1n) is 6.24. The fourth-order valence-electron chi connectivity index (χ4n) is 2.35. The zero-order valence-corrected chi connectivity index (χ0v) is 10.6. The Morgan fingerprint density at radius 1 is 1.44 bits per heavy atom. The van der Waals surface area contributed by atoms with E-state index in [4.69, 9.17) is 0 Å². The summed E-state index contributed by atoms with van der Waals surface area (Å²) in [4.78, 5) is 16.1. The molecule has 0 aromatic rings. The highest BCUT2D eigenvalue weighted by Crippen LogP contribution is 2.22. The maximum absolute atomic E-state index is 12.1. The van der Waals surface area contributed by atoms with Crippen LogP contribution in [0.3, 0.4) is 0 Å². The largest absolute Gasteiger partial charge is 0.323 e. The molecule has 0 spiro atoms. The fraction of sp³-hybridized carbons (Fsp3) is 0.917. The third-order valence-electron chi connectivity index (χ3n) is 3.43. The fourth-order valence-corrected chi connectivity index (χ4v) is 2.35. The van der Waals surface area contributed by atoms with Gasteiger partial charge in [-0.1, -0.05) is 20.8 Å². The van der Waals surface area contributed by atoms with Gasteiger partial charge in [0.1, 0.15) is 0 Å². The summed E-state index contributed by atoms with van der Waals surface area (Å²) >= 11 is 0. The molecule has 0 aromatic carbocycles. The molecule has 2 heterocycles. The number of hydrogen-bond acceptors (Lipinski definition) is 2. The van der Waals surface area contributed by atoms with Crippen LogP contribution in [0.5, 0.6) is 0 Å². The third-order valence-corrected chi connectivity index (χ3v) is 3.43. The lowest BCUT2D eigenvalue weighted by atomic mass is 9.92. The molecule has 4 nitrogen and oxygen atoms in total. The Morgan fingerprint density at radius 2 is 2.19 bits per heavy atom. The van der Waals surface area contributed by atoms with Crippen LogP contribution in [-0.2, 0) is 0 Å². The van der Waals surface area contributed by atoms with Gasteiger partial charge in [0.2, 0.25) is 0 Å². The van der Waals surface area contributed by atoms with E-state index in [1.54, 1.807) is 0 Å². The number of piperazine rings is 1. The highest BCUT2D eigenvalue weighted by Gasteiger charge is 2.38. The van der Waals surface area contributed by atoms with Crippen LogP contribution in [0.2, 0.25) is 0 Å². The Labute approximate surface area is 98.0 Å². The van der Waals surface area contributed by atoms with Crippen LogP contribution in [0.1, 0.15) is 27.2 Å². The Balaban J connectivity index is 1.90. The molecule has 16 heavy (non-hydrogen) atoms. The summed E-state index contributed by atoms with van der Waals surface area (Å²) in [5, 5.41) is 3.35. The van der Waals surface area contributed by atoms with E-state index in [2.05, 4.69) is 26.1 Å². The molecule has 1 unspecified atom stereocenters. The van der Waals surface area contributed by atoms with Crippen LogP contribution in [-0.4, -0.2) is 54.6 Å². The minimum absolute atomic E-state index is 0.246. The van der Waals surface area contributed by atoms with Crippen LogP contribution in [0.15, 0.2) is 0 Å². The standard InChI is InChI=1S/C12H23N3O/c1-12(2,3)4-6-14-9-10-8-13-5-7-15(10)11(14)16/h10,13H,4-9H2,1-3H3. The topological polar surface area (TPSA) is 35.6 Å². The zero-order valence-electron chi connectivity index (χ0n) is 10.6. The first kappa shape index (κ1) is 11.7. The molecular formula is C12H23N3O. The van der Waals surface area contributed by atoms with Crippen molar-refractivity contribution in [1.82, 2.24) is 15.1 Å². The first-order valence-corrected chi connectivity index (χ1v) is 6.24. The van der Waals surface area contributed by atoms with Crippen LogP contribution < -0.4 is 5.32 Å². The van der Waals surface area contributed by atoms with Gasteiger partial charge in [-0.3, -0.25) is 0 Å². The number of hydrogen-bond donors (Lipinski definition) is 1. The summed E-state index contributed by atoms with van der Waals surface area (Å²) in [5.74, 6) is 0. The Bertz CT molecular complexity index is 272. The Hall–Kier alpha value is -0.770. The van der Waals surface area contributed by atoms with Crippen molar-refractivity contribution in [3.63, 3.8) is 0 Å². The zero-order chi connectivity index (χ0) is 11.8. The molecule has 92 valence electrons. The number of fused-ring (bicyclic) bond motifs is 1. The van der Waals surface area contributed by atoms with Gasteiger partial charge in [0.05, 0.1) is 6.04 Å². The molecule has 1 atom stereocenters. The van der Waals surface area contributed by atoms with Crippen molar-refractivity contribution in [2.75, 3.05) is 32.7 Å². The summed E-state index contributed by atoms with van der Waals surface area (Å²) in [6, 6.07) is 0.650. The van der Waals surface area contributed by atoms with Crippen molar-refractivity contribution in [1.29, 1.82) is 0 Å². The lowest BCUT2D eigenvalue weighted by Crippen LogP contribution is -2.49. The quantitative estimate of drug-likeness (QED) is 0.765. The molecule has 2 fully saturated rings. The second-order valence-electron chi connectivity index (χ2n) is 6.09. The summed E-state index contributed by atoms with van der Waals surface area (Å²) in [6.45, 7) is 11.2. The van der Waals surface area contributed by atoms with E-state index < -0.39 is 0 Å². The molecule has 0 aromatic heterocycles. The van der Waals surface area contributed by atoms with E-state index in [0.29, 0.717) is 11.5 Å². The minimum atomic E-state index is 0.246. The molecule has 0 radical (unpaired) electrons. The van der Waals surface area contributed by atoms with Crippen LogP contribution in [0.25, 0.3) is 0 Å². The molecule has 0 saturated carbocycles. The van der Waals surface area contributed by atoms with E-state index in [-0.39, 0.29) is 6.03 Å². The van der Waals surface area contributed by atoms with Gasteiger partial charge >= 0.3 is 6.03 Å². The summed E-state index contributed by atoms with van der Waals surface area (Å²) in [5.41, 5.74) is 0.307. The lowest BCUT2D eigenvalue weighted by molar-refractivity contribution is 0.176.